The summed E-state index contributed by atoms with van der Waals surface area (Å²) < 4.78 is 27.4. The van der Waals surface area contributed by atoms with Gasteiger partial charge in [-0.2, -0.15) is 5.10 Å². The average Bonchev–Trinajstić information content (AvgIpc) is 3.40. The first-order valence-corrected chi connectivity index (χ1v) is 12.8. The highest BCUT2D eigenvalue weighted by atomic mass is 32.2. The lowest BCUT2D eigenvalue weighted by Gasteiger charge is -2.08. The summed E-state index contributed by atoms with van der Waals surface area (Å²) in [6, 6.07) is 27.6. The van der Waals surface area contributed by atoms with E-state index in [1.807, 2.05) is 48.5 Å². The van der Waals surface area contributed by atoms with Gasteiger partial charge in [-0.1, -0.05) is 54.6 Å². The highest BCUT2D eigenvalue weighted by Gasteiger charge is 2.15. The van der Waals surface area contributed by atoms with E-state index in [9.17, 15) is 13.2 Å². The third kappa shape index (κ3) is 4.41. The molecule has 0 aliphatic carbocycles. The molecular weight excluding hydrogens is 466 g/mol. The number of hydrogen-bond acceptors (Lipinski definition) is 5. The Balaban J connectivity index is 1.34. The molecule has 34 heavy (non-hydrogen) atoms. The maximum absolute atomic E-state index is 12.6. The maximum Gasteiger partial charge on any atom is 0.271 e. The molecule has 168 valence electrons. The number of thiophene rings is 1. The van der Waals surface area contributed by atoms with Crippen molar-refractivity contribution < 1.29 is 13.2 Å². The number of benzene rings is 4. The Bertz CT molecular complexity index is 1570. The fraction of sp³-hybridized carbons (Fsp3) is 0. The zero-order valence-electron chi connectivity index (χ0n) is 17.8. The standard InChI is InChI=1S/C26H19N3O3S2/c30-26(18-11-13-21(14-12-18)29-34(31,32)25-10-5-15-33-25)28-27-17-24-22-8-3-1-6-19(22)16-20-7-2-4-9-23(20)24/h1-17,29H,(H,28,30)/b27-17+. The molecule has 0 aliphatic heterocycles. The Morgan fingerprint density at radius 1 is 0.824 bits per heavy atom. The average molecular weight is 486 g/mol. The quantitative estimate of drug-likeness (QED) is 0.186. The zero-order chi connectivity index (χ0) is 23.5. The summed E-state index contributed by atoms with van der Waals surface area (Å²) in [6.45, 7) is 0. The zero-order valence-corrected chi connectivity index (χ0v) is 19.4. The Labute approximate surface area is 200 Å². The molecule has 0 saturated carbocycles. The Hall–Kier alpha value is -4.01. The van der Waals surface area contributed by atoms with Gasteiger partial charge in [0.05, 0.1) is 6.21 Å². The van der Waals surface area contributed by atoms with E-state index in [4.69, 9.17) is 0 Å². The van der Waals surface area contributed by atoms with Gasteiger partial charge in [0.1, 0.15) is 4.21 Å². The molecule has 0 saturated heterocycles. The molecule has 0 unspecified atom stereocenters. The topological polar surface area (TPSA) is 87.6 Å². The molecule has 0 radical (unpaired) electrons. The third-order valence-corrected chi connectivity index (χ3v) is 8.11. The third-order valence-electron chi connectivity index (χ3n) is 5.33. The van der Waals surface area contributed by atoms with Crippen LogP contribution in [0.1, 0.15) is 15.9 Å². The number of sulfonamides is 1. The Kier molecular flexibility index (Phi) is 5.83. The van der Waals surface area contributed by atoms with Crippen LogP contribution in [-0.2, 0) is 10.0 Å². The first-order valence-electron chi connectivity index (χ1n) is 10.4. The number of hydrazone groups is 1. The van der Waals surface area contributed by atoms with Gasteiger partial charge in [0.25, 0.3) is 15.9 Å². The van der Waals surface area contributed by atoms with Crippen molar-refractivity contribution in [2.24, 2.45) is 5.10 Å². The van der Waals surface area contributed by atoms with Crippen LogP contribution in [0.4, 0.5) is 5.69 Å². The highest BCUT2D eigenvalue weighted by molar-refractivity contribution is 7.94. The number of hydrogen-bond donors (Lipinski definition) is 2. The highest BCUT2D eigenvalue weighted by Crippen LogP contribution is 2.27. The second-order valence-corrected chi connectivity index (χ2v) is 10.4. The summed E-state index contributed by atoms with van der Waals surface area (Å²) in [6.07, 6.45) is 1.66. The number of fused-ring (bicyclic) bond motifs is 2. The van der Waals surface area contributed by atoms with E-state index in [1.165, 1.54) is 6.07 Å². The van der Waals surface area contributed by atoms with Crippen molar-refractivity contribution in [3.8, 4) is 0 Å². The lowest BCUT2D eigenvalue weighted by atomic mass is 9.97. The fourth-order valence-electron chi connectivity index (χ4n) is 3.72. The summed E-state index contributed by atoms with van der Waals surface area (Å²) in [5.41, 5.74) is 4.22. The first kappa shape index (κ1) is 21.8. The van der Waals surface area contributed by atoms with Crippen LogP contribution in [0.25, 0.3) is 21.5 Å². The smallest absolute Gasteiger partial charge is 0.271 e. The largest absolute Gasteiger partial charge is 0.279 e. The summed E-state index contributed by atoms with van der Waals surface area (Å²) in [5, 5.41) is 10.2. The number of nitrogens with one attached hydrogen (secondary N) is 2. The van der Waals surface area contributed by atoms with Crippen LogP contribution in [0.3, 0.4) is 0 Å². The molecule has 2 N–H and O–H groups in total. The molecule has 5 rings (SSSR count). The number of amides is 1. The maximum atomic E-state index is 12.6. The molecule has 8 heteroatoms. The molecule has 1 amide bonds. The fourth-order valence-corrected chi connectivity index (χ4v) is 5.77. The van der Waals surface area contributed by atoms with E-state index in [0.29, 0.717) is 11.3 Å². The predicted molar refractivity (Wildman–Crippen MR) is 138 cm³/mol. The van der Waals surface area contributed by atoms with Crippen LogP contribution in [0.15, 0.2) is 106 Å². The van der Waals surface area contributed by atoms with Crippen molar-refractivity contribution in [1.82, 2.24) is 5.43 Å². The minimum atomic E-state index is -3.64. The second-order valence-electron chi connectivity index (χ2n) is 7.55. The van der Waals surface area contributed by atoms with E-state index in [-0.39, 0.29) is 4.21 Å². The second kappa shape index (κ2) is 9.09. The molecular formula is C26H19N3O3S2. The normalized spacial score (nSPS) is 11.8. The van der Waals surface area contributed by atoms with Gasteiger partial charge >= 0.3 is 0 Å². The summed E-state index contributed by atoms with van der Waals surface area (Å²) in [7, 11) is -3.64. The van der Waals surface area contributed by atoms with Gasteiger partial charge in [-0.05, 0) is 63.3 Å². The Morgan fingerprint density at radius 2 is 1.47 bits per heavy atom. The van der Waals surface area contributed by atoms with Crippen LogP contribution >= 0.6 is 11.3 Å². The van der Waals surface area contributed by atoms with Gasteiger partial charge < -0.3 is 0 Å². The summed E-state index contributed by atoms with van der Waals surface area (Å²) >= 11 is 1.14. The van der Waals surface area contributed by atoms with Gasteiger partial charge in [0.15, 0.2) is 0 Å². The minimum Gasteiger partial charge on any atom is -0.279 e. The molecule has 0 aliphatic rings. The predicted octanol–water partition coefficient (Wildman–Crippen LogP) is 5.62. The van der Waals surface area contributed by atoms with Crippen LogP contribution < -0.4 is 10.1 Å². The van der Waals surface area contributed by atoms with Crippen molar-refractivity contribution in [1.29, 1.82) is 0 Å². The number of rotatable bonds is 6. The summed E-state index contributed by atoms with van der Waals surface area (Å²) in [4.78, 5) is 12.6. The molecule has 0 spiro atoms. The lowest BCUT2D eigenvalue weighted by molar-refractivity contribution is 0.0955. The molecule has 4 aromatic carbocycles. The van der Waals surface area contributed by atoms with Crippen molar-refractivity contribution in [3.63, 3.8) is 0 Å². The van der Waals surface area contributed by atoms with Crippen LogP contribution in [0, 0.1) is 0 Å². The van der Waals surface area contributed by atoms with E-state index in [2.05, 4.69) is 21.3 Å². The van der Waals surface area contributed by atoms with Crippen LogP contribution in [0.5, 0.6) is 0 Å². The molecule has 0 atom stereocenters. The molecule has 0 bridgehead atoms. The van der Waals surface area contributed by atoms with Crippen molar-refractivity contribution in [2.45, 2.75) is 4.21 Å². The first-order chi connectivity index (χ1) is 16.5. The molecule has 0 fully saturated rings. The van der Waals surface area contributed by atoms with Crippen LogP contribution in [0.2, 0.25) is 0 Å². The number of carbonyl (C=O) groups excluding carboxylic acids is 1. The molecule has 6 nitrogen and oxygen atoms in total. The van der Waals surface area contributed by atoms with E-state index < -0.39 is 15.9 Å². The van der Waals surface area contributed by atoms with Crippen molar-refractivity contribution in [2.75, 3.05) is 4.72 Å². The molecule has 5 aromatic rings. The molecule has 1 aromatic heterocycles. The van der Waals surface area contributed by atoms with E-state index in [1.54, 1.807) is 41.9 Å². The number of carbonyl (C=O) groups is 1. The van der Waals surface area contributed by atoms with Gasteiger partial charge in [-0.15, -0.1) is 11.3 Å². The van der Waals surface area contributed by atoms with E-state index >= 15 is 0 Å². The Morgan fingerprint density at radius 3 is 2.09 bits per heavy atom. The van der Waals surface area contributed by atoms with Crippen molar-refractivity contribution >= 4 is 60.7 Å². The van der Waals surface area contributed by atoms with Gasteiger partial charge in [0, 0.05) is 16.8 Å². The minimum absolute atomic E-state index is 0.226. The number of nitrogens with zero attached hydrogens (tertiary/aromatic N) is 1. The monoisotopic (exact) mass is 485 g/mol. The van der Waals surface area contributed by atoms with Crippen molar-refractivity contribution in [3.05, 3.63) is 108 Å². The SMILES string of the molecule is O=C(N/N=C/c1c2ccccc2cc2ccccc12)c1ccc(NS(=O)(=O)c2cccs2)cc1. The van der Waals surface area contributed by atoms with Gasteiger partial charge in [0.2, 0.25) is 0 Å². The number of anilines is 1. The van der Waals surface area contributed by atoms with Crippen LogP contribution in [-0.4, -0.2) is 20.5 Å². The van der Waals surface area contributed by atoms with Gasteiger partial charge in [-0.25, -0.2) is 13.8 Å². The molecule has 1 heterocycles. The van der Waals surface area contributed by atoms with Gasteiger partial charge in [-0.3, -0.25) is 9.52 Å². The summed E-state index contributed by atoms with van der Waals surface area (Å²) in [5.74, 6) is -0.395. The van der Waals surface area contributed by atoms with E-state index in [0.717, 1.165) is 38.4 Å². The lowest BCUT2D eigenvalue weighted by Crippen LogP contribution is -2.18.